The van der Waals surface area contributed by atoms with Crippen molar-refractivity contribution in [1.82, 2.24) is 9.38 Å². The fourth-order valence-corrected chi connectivity index (χ4v) is 3.78. The van der Waals surface area contributed by atoms with Crippen LogP contribution in [-0.4, -0.2) is 35.8 Å². The van der Waals surface area contributed by atoms with E-state index in [0.717, 1.165) is 0 Å². The Morgan fingerprint density at radius 3 is 2.85 bits per heavy atom. The summed E-state index contributed by atoms with van der Waals surface area (Å²) < 4.78 is 29.4. The van der Waals surface area contributed by atoms with Crippen molar-refractivity contribution in [3.05, 3.63) is 46.7 Å². The van der Waals surface area contributed by atoms with Crippen LogP contribution in [0, 0.1) is 0 Å². The van der Waals surface area contributed by atoms with Crippen LogP contribution in [0.5, 0.6) is 0 Å². The number of benzene rings is 1. The first kappa shape index (κ1) is 19.3. The number of hydrogen-bond acceptors (Lipinski definition) is 7. The van der Waals surface area contributed by atoms with Crippen molar-refractivity contribution in [1.29, 1.82) is 0 Å². The van der Waals surface area contributed by atoms with Crippen LogP contribution in [0.15, 0.2) is 40.7 Å². The highest BCUT2D eigenvalue weighted by Gasteiger charge is 2.25. The van der Waals surface area contributed by atoms with Gasteiger partial charge in [0.05, 0.1) is 4.90 Å². The van der Waals surface area contributed by atoms with Crippen LogP contribution in [0.3, 0.4) is 0 Å². The molecule has 0 aliphatic carbocycles. The normalized spacial score (nSPS) is 12.7. The molecular weight excluding hydrogens is 416 g/mol. The van der Waals surface area contributed by atoms with Crippen LogP contribution in [0.4, 0.5) is 5.69 Å². The third-order valence-electron chi connectivity index (χ3n) is 3.50. The molecule has 0 saturated carbocycles. The van der Waals surface area contributed by atoms with E-state index in [1.165, 1.54) is 46.9 Å². The molecule has 142 valence electrons. The first-order chi connectivity index (χ1) is 12.7. The van der Waals surface area contributed by atoms with Crippen molar-refractivity contribution in [2.45, 2.75) is 17.9 Å². The van der Waals surface area contributed by atoms with Gasteiger partial charge >= 0.3 is 5.97 Å². The van der Waals surface area contributed by atoms with Gasteiger partial charge in [0.1, 0.15) is 0 Å². The van der Waals surface area contributed by atoms with E-state index in [0.29, 0.717) is 4.96 Å². The number of sulfonamides is 1. The average Bonchev–Trinajstić information content (AvgIpc) is 3.13. The molecule has 0 bridgehead atoms. The Morgan fingerprint density at radius 1 is 1.41 bits per heavy atom. The average molecular weight is 429 g/mol. The second-order valence-corrected chi connectivity index (χ2v) is 8.21. The van der Waals surface area contributed by atoms with E-state index in [-0.39, 0.29) is 21.4 Å². The molecule has 3 N–H and O–H groups in total. The summed E-state index contributed by atoms with van der Waals surface area (Å²) in [4.78, 5) is 29.0. The van der Waals surface area contributed by atoms with E-state index in [2.05, 4.69) is 10.3 Å². The standard InChI is InChI=1S/C15H13ClN4O5S2/c1-8(13(21)18-9-3-2-4-10(7-9)27(17,23)24)25-14(22)11-12(16)19-15-20(11)5-6-26-15/h2-8H,1H3,(H,18,21)(H2,17,23,24). The molecule has 9 nitrogen and oxygen atoms in total. The molecule has 3 aromatic rings. The van der Waals surface area contributed by atoms with Crippen LogP contribution >= 0.6 is 22.9 Å². The SMILES string of the molecule is CC(OC(=O)c1c(Cl)nc2sccn12)C(=O)Nc1cccc(S(N)(=O)=O)c1. The molecule has 1 atom stereocenters. The minimum Gasteiger partial charge on any atom is -0.448 e. The second kappa shape index (κ2) is 7.27. The number of amides is 1. The number of thiazole rings is 1. The predicted molar refractivity (Wildman–Crippen MR) is 99.4 cm³/mol. The summed E-state index contributed by atoms with van der Waals surface area (Å²) in [7, 11) is -3.91. The van der Waals surface area contributed by atoms with Crippen LogP contribution in [0.25, 0.3) is 4.96 Å². The Balaban J connectivity index is 1.72. The molecule has 0 aliphatic heterocycles. The topological polar surface area (TPSA) is 133 Å². The number of nitrogens with one attached hydrogen (secondary N) is 1. The molecule has 1 amide bonds. The van der Waals surface area contributed by atoms with Crippen molar-refractivity contribution < 1.29 is 22.7 Å². The van der Waals surface area contributed by atoms with E-state index in [1.807, 2.05) is 0 Å². The Morgan fingerprint density at radius 2 is 2.15 bits per heavy atom. The zero-order valence-electron chi connectivity index (χ0n) is 13.7. The van der Waals surface area contributed by atoms with E-state index in [1.54, 1.807) is 11.6 Å². The molecule has 1 unspecified atom stereocenters. The fourth-order valence-electron chi connectivity index (χ4n) is 2.21. The molecule has 0 saturated heterocycles. The van der Waals surface area contributed by atoms with Gasteiger partial charge in [0.25, 0.3) is 5.91 Å². The van der Waals surface area contributed by atoms with E-state index < -0.39 is 28.0 Å². The summed E-state index contributed by atoms with van der Waals surface area (Å²) in [6.07, 6.45) is 0.440. The van der Waals surface area contributed by atoms with Gasteiger partial charge in [0.15, 0.2) is 21.9 Å². The number of imidazole rings is 1. The predicted octanol–water partition coefficient (Wildman–Crippen LogP) is 1.88. The van der Waals surface area contributed by atoms with Gasteiger partial charge in [0, 0.05) is 17.3 Å². The number of primary sulfonamides is 1. The molecule has 2 aromatic heterocycles. The number of nitrogens with two attached hydrogens (primary N) is 1. The first-order valence-electron chi connectivity index (χ1n) is 7.42. The van der Waals surface area contributed by atoms with Gasteiger partial charge in [-0.3, -0.25) is 9.20 Å². The molecule has 2 heterocycles. The molecule has 0 aliphatic rings. The van der Waals surface area contributed by atoms with E-state index in [9.17, 15) is 18.0 Å². The monoisotopic (exact) mass is 428 g/mol. The molecule has 3 rings (SSSR count). The molecule has 27 heavy (non-hydrogen) atoms. The zero-order valence-corrected chi connectivity index (χ0v) is 16.1. The number of hydrogen-bond donors (Lipinski definition) is 2. The number of halogens is 1. The molecule has 0 spiro atoms. The lowest BCUT2D eigenvalue weighted by Gasteiger charge is -2.13. The third-order valence-corrected chi connectivity index (χ3v) is 5.43. The van der Waals surface area contributed by atoms with Crippen molar-refractivity contribution >= 4 is 55.5 Å². The number of aromatic nitrogens is 2. The minimum atomic E-state index is -3.91. The number of nitrogens with zero attached hydrogens (tertiary/aromatic N) is 2. The van der Waals surface area contributed by atoms with E-state index >= 15 is 0 Å². The summed E-state index contributed by atoms with van der Waals surface area (Å²) in [5.41, 5.74) is 0.209. The Labute approximate surface area is 162 Å². The molecule has 0 fully saturated rings. The smallest absolute Gasteiger partial charge is 0.359 e. The van der Waals surface area contributed by atoms with Gasteiger partial charge < -0.3 is 10.1 Å². The number of esters is 1. The van der Waals surface area contributed by atoms with Crippen molar-refractivity contribution in [2.24, 2.45) is 5.14 Å². The van der Waals surface area contributed by atoms with Gasteiger partial charge in [-0.15, -0.1) is 11.3 Å². The lowest BCUT2D eigenvalue weighted by Crippen LogP contribution is -2.30. The van der Waals surface area contributed by atoms with Crippen LogP contribution < -0.4 is 10.5 Å². The van der Waals surface area contributed by atoms with Crippen LogP contribution in [0.1, 0.15) is 17.4 Å². The number of carbonyl (C=O) groups excluding carboxylic acids is 2. The summed E-state index contributed by atoms with van der Waals surface area (Å²) in [6.45, 7) is 1.37. The van der Waals surface area contributed by atoms with Crippen molar-refractivity contribution in [3.8, 4) is 0 Å². The third kappa shape index (κ3) is 4.11. The highest BCUT2D eigenvalue weighted by molar-refractivity contribution is 7.89. The highest BCUT2D eigenvalue weighted by Crippen LogP contribution is 2.22. The molecule has 0 radical (unpaired) electrons. The maximum absolute atomic E-state index is 12.4. The van der Waals surface area contributed by atoms with Crippen LogP contribution in [-0.2, 0) is 19.6 Å². The van der Waals surface area contributed by atoms with Gasteiger partial charge in [-0.1, -0.05) is 17.7 Å². The first-order valence-corrected chi connectivity index (χ1v) is 10.2. The quantitative estimate of drug-likeness (QED) is 0.596. The van der Waals surface area contributed by atoms with Gasteiger partial charge in [-0.2, -0.15) is 0 Å². The Hall–Kier alpha value is -2.47. The summed E-state index contributed by atoms with van der Waals surface area (Å²) in [5, 5.41) is 9.22. The Kier molecular flexibility index (Phi) is 5.20. The van der Waals surface area contributed by atoms with Crippen LogP contribution in [0.2, 0.25) is 5.15 Å². The van der Waals surface area contributed by atoms with E-state index in [4.69, 9.17) is 21.5 Å². The Bertz CT molecular complexity index is 1140. The number of carbonyl (C=O) groups is 2. The molecule has 1 aromatic carbocycles. The lowest BCUT2D eigenvalue weighted by atomic mass is 10.3. The summed E-state index contributed by atoms with van der Waals surface area (Å²) in [6, 6.07) is 5.39. The van der Waals surface area contributed by atoms with Crippen molar-refractivity contribution in [2.75, 3.05) is 5.32 Å². The highest BCUT2D eigenvalue weighted by atomic mass is 35.5. The molecule has 12 heteroatoms. The zero-order chi connectivity index (χ0) is 19.8. The maximum atomic E-state index is 12.4. The summed E-state index contributed by atoms with van der Waals surface area (Å²) >= 11 is 7.25. The number of fused-ring (bicyclic) bond motifs is 1. The lowest BCUT2D eigenvalue weighted by molar-refractivity contribution is -0.123. The minimum absolute atomic E-state index is 0.0174. The maximum Gasteiger partial charge on any atom is 0.359 e. The van der Waals surface area contributed by atoms with Gasteiger partial charge in [-0.25, -0.2) is 23.3 Å². The number of anilines is 1. The van der Waals surface area contributed by atoms with Gasteiger partial charge in [-0.05, 0) is 25.1 Å². The second-order valence-electron chi connectivity index (χ2n) is 5.42. The summed E-state index contributed by atoms with van der Waals surface area (Å²) in [5.74, 6) is -1.47. The fraction of sp³-hybridized carbons (Fsp3) is 0.133. The molecular formula is C15H13ClN4O5S2. The largest absolute Gasteiger partial charge is 0.448 e. The number of rotatable bonds is 5. The number of ether oxygens (including phenoxy) is 1. The van der Waals surface area contributed by atoms with Crippen molar-refractivity contribution in [3.63, 3.8) is 0 Å². The van der Waals surface area contributed by atoms with Gasteiger partial charge in [0.2, 0.25) is 10.0 Å².